The molecular formula is C6H15ClNOPS. The Labute approximate surface area is 78.6 Å². The number of hydrogen-bond acceptors (Lipinski definition) is 2. The summed E-state index contributed by atoms with van der Waals surface area (Å²) in [6.45, 7) is 7.49. The third-order valence-corrected chi connectivity index (χ3v) is 3.49. The largest absolute Gasteiger partial charge is 0.327 e. The van der Waals surface area contributed by atoms with E-state index in [4.69, 9.17) is 27.6 Å². The van der Waals surface area contributed by atoms with Crippen LogP contribution in [-0.4, -0.2) is 13.2 Å². The van der Waals surface area contributed by atoms with Gasteiger partial charge in [0.1, 0.15) is 0 Å². The van der Waals surface area contributed by atoms with Crippen molar-refractivity contribution < 1.29 is 4.52 Å². The number of nitrogens with one attached hydrogen (secondary N) is 1. The maximum Gasteiger partial charge on any atom is 0.219 e. The first kappa shape index (κ1) is 11.9. The van der Waals surface area contributed by atoms with E-state index in [1.165, 1.54) is 0 Å². The standard InChI is InChI=1S/C6H15ClNOPS/c1-4-9-10(7,11)8-5-6(2)3/h6H,4-5H2,1-3H3,(H,8,11). The molecule has 1 atom stereocenters. The molecule has 0 radical (unpaired) electrons. The summed E-state index contributed by atoms with van der Waals surface area (Å²) in [6.07, 6.45) is 0. The van der Waals surface area contributed by atoms with Gasteiger partial charge in [-0.05, 0) is 35.9 Å². The Balaban J connectivity index is 3.64. The fourth-order valence-electron chi connectivity index (χ4n) is 0.503. The molecule has 1 N–H and O–H groups in total. The molecule has 0 aromatic carbocycles. The van der Waals surface area contributed by atoms with Crippen LogP contribution in [0, 0.1) is 5.92 Å². The molecule has 0 saturated heterocycles. The molecule has 0 aliphatic carbocycles. The lowest BCUT2D eigenvalue weighted by atomic mass is 10.2. The van der Waals surface area contributed by atoms with Gasteiger partial charge in [0.15, 0.2) is 0 Å². The second-order valence-corrected chi connectivity index (χ2v) is 7.76. The minimum Gasteiger partial charge on any atom is -0.327 e. The Morgan fingerprint density at radius 1 is 1.64 bits per heavy atom. The highest BCUT2D eigenvalue weighted by Crippen LogP contribution is 2.48. The summed E-state index contributed by atoms with van der Waals surface area (Å²) in [7, 11) is 0. The van der Waals surface area contributed by atoms with Crippen molar-refractivity contribution in [2.75, 3.05) is 13.2 Å². The monoisotopic (exact) mass is 215 g/mol. The zero-order valence-electron chi connectivity index (χ0n) is 7.13. The molecule has 2 nitrogen and oxygen atoms in total. The average Bonchev–Trinajstić information content (AvgIpc) is 1.84. The predicted octanol–water partition coefficient (Wildman–Crippen LogP) is 2.73. The molecule has 0 aliphatic heterocycles. The molecule has 68 valence electrons. The summed E-state index contributed by atoms with van der Waals surface area (Å²) < 4.78 is 5.16. The van der Waals surface area contributed by atoms with Crippen molar-refractivity contribution in [1.82, 2.24) is 5.09 Å². The van der Waals surface area contributed by atoms with Gasteiger partial charge in [-0.25, -0.2) is 0 Å². The highest BCUT2D eigenvalue weighted by molar-refractivity contribution is 8.23. The lowest BCUT2D eigenvalue weighted by molar-refractivity contribution is 0.376. The van der Waals surface area contributed by atoms with Gasteiger partial charge >= 0.3 is 0 Å². The van der Waals surface area contributed by atoms with E-state index < -0.39 is 5.77 Å². The van der Waals surface area contributed by atoms with Gasteiger partial charge in [0.05, 0.1) is 6.61 Å². The molecular weight excluding hydrogens is 201 g/mol. The van der Waals surface area contributed by atoms with Crippen molar-refractivity contribution in [3.63, 3.8) is 0 Å². The van der Waals surface area contributed by atoms with Gasteiger partial charge in [0.2, 0.25) is 5.77 Å². The first-order valence-electron chi connectivity index (χ1n) is 3.67. The summed E-state index contributed by atoms with van der Waals surface area (Å²) >= 11 is 10.9. The van der Waals surface area contributed by atoms with Crippen molar-refractivity contribution in [2.24, 2.45) is 5.92 Å². The molecule has 0 amide bonds. The van der Waals surface area contributed by atoms with Gasteiger partial charge < -0.3 is 4.52 Å². The first-order valence-corrected chi connectivity index (χ1v) is 7.30. The second-order valence-electron chi connectivity index (χ2n) is 2.65. The Hall–Kier alpha value is 0.860. The molecule has 0 heterocycles. The molecule has 0 spiro atoms. The molecule has 5 heteroatoms. The first-order chi connectivity index (χ1) is 4.98. The van der Waals surface area contributed by atoms with E-state index in [0.29, 0.717) is 12.5 Å². The Morgan fingerprint density at radius 2 is 2.18 bits per heavy atom. The van der Waals surface area contributed by atoms with Gasteiger partial charge in [-0.15, -0.1) is 0 Å². The third-order valence-electron chi connectivity index (χ3n) is 0.984. The molecule has 0 rings (SSSR count). The van der Waals surface area contributed by atoms with E-state index in [0.717, 1.165) is 6.54 Å². The fourth-order valence-corrected chi connectivity index (χ4v) is 2.55. The summed E-state index contributed by atoms with van der Waals surface area (Å²) in [5.41, 5.74) is 0. The SMILES string of the molecule is CCOP(=S)(Cl)NCC(C)C. The van der Waals surface area contributed by atoms with Crippen LogP contribution < -0.4 is 5.09 Å². The van der Waals surface area contributed by atoms with Gasteiger partial charge in [0.25, 0.3) is 0 Å². The summed E-state index contributed by atoms with van der Waals surface area (Å²) in [4.78, 5) is 0. The van der Waals surface area contributed by atoms with E-state index in [-0.39, 0.29) is 0 Å². The highest BCUT2D eigenvalue weighted by Gasteiger charge is 2.11. The molecule has 0 saturated carbocycles. The van der Waals surface area contributed by atoms with E-state index >= 15 is 0 Å². The quantitative estimate of drug-likeness (QED) is 0.713. The smallest absolute Gasteiger partial charge is 0.219 e. The number of hydrogen-bond donors (Lipinski definition) is 1. The Kier molecular flexibility index (Phi) is 5.93. The van der Waals surface area contributed by atoms with Crippen LogP contribution >= 0.6 is 17.0 Å². The van der Waals surface area contributed by atoms with Crippen molar-refractivity contribution in [2.45, 2.75) is 20.8 Å². The lowest BCUT2D eigenvalue weighted by Crippen LogP contribution is -2.15. The normalized spacial score (nSPS) is 16.8. The van der Waals surface area contributed by atoms with Crippen molar-refractivity contribution in [1.29, 1.82) is 0 Å². The van der Waals surface area contributed by atoms with Crippen molar-refractivity contribution in [3.05, 3.63) is 0 Å². The van der Waals surface area contributed by atoms with Crippen LogP contribution in [0.5, 0.6) is 0 Å². The van der Waals surface area contributed by atoms with Gasteiger partial charge in [-0.2, -0.15) is 0 Å². The van der Waals surface area contributed by atoms with Crippen molar-refractivity contribution >= 4 is 28.8 Å². The molecule has 1 unspecified atom stereocenters. The van der Waals surface area contributed by atoms with Gasteiger partial charge in [-0.3, -0.25) is 5.09 Å². The van der Waals surface area contributed by atoms with Crippen LogP contribution in [0.3, 0.4) is 0 Å². The van der Waals surface area contributed by atoms with Gasteiger partial charge in [-0.1, -0.05) is 13.8 Å². The summed E-state index contributed by atoms with van der Waals surface area (Å²) in [5.74, 6) is -1.64. The second kappa shape index (κ2) is 5.50. The molecule has 0 bridgehead atoms. The van der Waals surface area contributed by atoms with Crippen LogP contribution in [-0.2, 0) is 16.3 Å². The molecule has 0 aliphatic rings. The molecule has 0 aromatic rings. The summed E-state index contributed by atoms with van der Waals surface area (Å²) in [5, 5.41) is 3.03. The predicted molar refractivity (Wildman–Crippen MR) is 54.6 cm³/mol. The van der Waals surface area contributed by atoms with E-state index in [1.54, 1.807) is 0 Å². The highest BCUT2D eigenvalue weighted by atomic mass is 35.7. The van der Waals surface area contributed by atoms with Crippen molar-refractivity contribution in [3.8, 4) is 0 Å². The maximum absolute atomic E-state index is 5.87. The fraction of sp³-hybridized carbons (Fsp3) is 1.00. The topological polar surface area (TPSA) is 21.3 Å². The zero-order chi connectivity index (χ0) is 8.91. The van der Waals surface area contributed by atoms with Crippen LogP contribution in [0.1, 0.15) is 20.8 Å². The van der Waals surface area contributed by atoms with Crippen LogP contribution in [0.15, 0.2) is 0 Å². The number of halogens is 1. The van der Waals surface area contributed by atoms with Crippen LogP contribution in [0.4, 0.5) is 0 Å². The summed E-state index contributed by atoms with van der Waals surface area (Å²) in [6, 6.07) is 0. The minimum absolute atomic E-state index is 0.552. The molecule has 11 heavy (non-hydrogen) atoms. The minimum atomic E-state index is -2.19. The van der Waals surface area contributed by atoms with Crippen LogP contribution in [0.2, 0.25) is 0 Å². The lowest BCUT2D eigenvalue weighted by Gasteiger charge is -2.16. The van der Waals surface area contributed by atoms with E-state index in [2.05, 4.69) is 18.9 Å². The maximum atomic E-state index is 5.87. The van der Waals surface area contributed by atoms with E-state index in [1.807, 2.05) is 6.92 Å². The molecule has 0 aromatic heterocycles. The number of rotatable bonds is 5. The van der Waals surface area contributed by atoms with E-state index in [9.17, 15) is 0 Å². The van der Waals surface area contributed by atoms with Crippen LogP contribution in [0.25, 0.3) is 0 Å². The molecule has 0 fully saturated rings. The Morgan fingerprint density at radius 3 is 2.55 bits per heavy atom. The third kappa shape index (κ3) is 7.23. The Bertz CT molecular complexity index is 154. The average molecular weight is 216 g/mol. The van der Waals surface area contributed by atoms with Gasteiger partial charge in [0, 0.05) is 6.54 Å². The zero-order valence-corrected chi connectivity index (χ0v) is 9.60.